The number of benzene rings is 2. The molecule has 0 spiro atoms. The lowest BCUT2D eigenvalue weighted by atomic mass is 9.84. The van der Waals surface area contributed by atoms with Crippen LogP contribution in [0.15, 0.2) is 40.9 Å². The van der Waals surface area contributed by atoms with Crippen LogP contribution in [0.4, 0.5) is 0 Å². The molecular formula is C22H21BrO4S. The molecule has 1 saturated carbocycles. The smallest absolute Gasteiger partial charge is 0.349 e. The summed E-state index contributed by atoms with van der Waals surface area (Å²) in [6.07, 6.45) is 6.41. The first-order valence-electron chi connectivity index (χ1n) is 9.38. The maximum Gasteiger partial charge on any atom is 0.349 e. The summed E-state index contributed by atoms with van der Waals surface area (Å²) in [4.78, 5) is 12.0. The van der Waals surface area contributed by atoms with Crippen LogP contribution in [0.25, 0.3) is 10.1 Å². The summed E-state index contributed by atoms with van der Waals surface area (Å²) >= 11 is 4.65. The van der Waals surface area contributed by atoms with Crippen molar-refractivity contribution in [1.82, 2.24) is 0 Å². The maximum atomic E-state index is 11.8. The number of methoxy groups -OCH3 is 1. The van der Waals surface area contributed by atoms with Gasteiger partial charge in [-0.15, -0.1) is 11.3 Å². The topological polar surface area (TPSA) is 55.8 Å². The Morgan fingerprint density at radius 1 is 1.14 bits per heavy atom. The summed E-state index contributed by atoms with van der Waals surface area (Å²) in [5, 5.41) is 10.4. The monoisotopic (exact) mass is 460 g/mol. The van der Waals surface area contributed by atoms with E-state index >= 15 is 0 Å². The van der Waals surface area contributed by atoms with Crippen LogP contribution in [-0.4, -0.2) is 18.2 Å². The Morgan fingerprint density at radius 2 is 1.86 bits per heavy atom. The zero-order valence-electron chi connectivity index (χ0n) is 15.5. The first kappa shape index (κ1) is 19.3. The van der Waals surface area contributed by atoms with Gasteiger partial charge in [0.2, 0.25) is 0 Å². The average Bonchev–Trinajstić information content (AvgIpc) is 3.06. The van der Waals surface area contributed by atoms with Crippen LogP contribution in [0.1, 0.15) is 53.3 Å². The number of ether oxygens (including phenoxy) is 2. The minimum absolute atomic E-state index is 0.187. The van der Waals surface area contributed by atoms with Crippen molar-refractivity contribution < 1.29 is 19.4 Å². The number of halogens is 1. The number of hydrogen-bond donors (Lipinski definition) is 1. The first-order valence-corrected chi connectivity index (χ1v) is 11.0. The molecule has 1 heterocycles. The molecule has 6 heteroatoms. The molecule has 3 aromatic rings. The van der Waals surface area contributed by atoms with Gasteiger partial charge in [0.05, 0.1) is 11.6 Å². The van der Waals surface area contributed by atoms with Crippen LogP contribution in [-0.2, 0) is 0 Å². The molecule has 0 atom stereocenters. The minimum atomic E-state index is -0.995. The highest BCUT2D eigenvalue weighted by atomic mass is 79.9. The molecule has 0 saturated heterocycles. The molecule has 1 aliphatic carbocycles. The lowest BCUT2D eigenvalue weighted by Crippen LogP contribution is -2.04. The van der Waals surface area contributed by atoms with E-state index in [9.17, 15) is 9.90 Å². The van der Waals surface area contributed by atoms with E-state index in [0.29, 0.717) is 23.2 Å². The summed E-state index contributed by atoms with van der Waals surface area (Å²) in [5.74, 6) is 1.28. The van der Waals surface area contributed by atoms with Crippen molar-refractivity contribution in [3.63, 3.8) is 0 Å². The summed E-state index contributed by atoms with van der Waals surface area (Å²) in [5.41, 5.74) is 1.34. The fraction of sp³-hybridized carbons (Fsp3) is 0.318. The predicted molar refractivity (Wildman–Crippen MR) is 115 cm³/mol. The van der Waals surface area contributed by atoms with Gasteiger partial charge in [0, 0.05) is 10.1 Å². The van der Waals surface area contributed by atoms with Crippen LogP contribution < -0.4 is 9.47 Å². The van der Waals surface area contributed by atoms with Gasteiger partial charge >= 0.3 is 5.97 Å². The molecule has 0 radical (unpaired) electrons. The lowest BCUT2D eigenvalue weighted by molar-refractivity contribution is 0.0700. The van der Waals surface area contributed by atoms with Crippen molar-refractivity contribution in [2.45, 2.75) is 38.0 Å². The van der Waals surface area contributed by atoms with E-state index in [2.05, 4.69) is 28.1 Å². The quantitative estimate of drug-likeness (QED) is 0.436. The Labute approximate surface area is 176 Å². The summed E-state index contributed by atoms with van der Waals surface area (Å²) in [6, 6.07) is 11.8. The van der Waals surface area contributed by atoms with Crippen molar-refractivity contribution in [3.05, 3.63) is 51.3 Å². The highest BCUT2D eigenvalue weighted by molar-refractivity contribution is 9.10. The van der Waals surface area contributed by atoms with Gasteiger partial charge in [-0.3, -0.25) is 0 Å². The van der Waals surface area contributed by atoms with Gasteiger partial charge in [-0.2, -0.15) is 0 Å². The Bertz CT molecular complexity index is 1000. The zero-order chi connectivity index (χ0) is 19.7. The Hall–Kier alpha value is -2.05. The number of carboxylic acids is 1. The number of fused-ring (bicyclic) bond motifs is 1. The summed E-state index contributed by atoms with van der Waals surface area (Å²) in [7, 11) is 1.58. The van der Waals surface area contributed by atoms with Crippen LogP contribution in [0.2, 0.25) is 0 Å². The zero-order valence-corrected chi connectivity index (χ0v) is 17.9. The van der Waals surface area contributed by atoms with Gasteiger partial charge in [-0.1, -0.05) is 31.4 Å². The van der Waals surface area contributed by atoms with E-state index in [4.69, 9.17) is 9.47 Å². The first-order chi connectivity index (χ1) is 13.6. The van der Waals surface area contributed by atoms with Crippen LogP contribution >= 0.6 is 27.3 Å². The Morgan fingerprint density at radius 3 is 2.50 bits per heavy atom. The van der Waals surface area contributed by atoms with E-state index in [0.717, 1.165) is 14.6 Å². The normalized spacial score (nSPS) is 14.9. The number of rotatable bonds is 5. The molecule has 0 amide bonds. The minimum Gasteiger partial charge on any atom is -0.496 e. The van der Waals surface area contributed by atoms with Crippen LogP contribution in [0.5, 0.6) is 17.2 Å². The van der Waals surface area contributed by atoms with E-state index in [1.807, 2.05) is 24.3 Å². The second-order valence-electron chi connectivity index (χ2n) is 7.05. The molecular weight excluding hydrogens is 440 g/mol. The number of thiophene rings is 1. The van der Waals surface area contributed by atoms with E-state index in [1.54, 1.807) is 7.11 Å². The van der Waals surface area contributed by atoms with Gasteiger partial charge in [0.1, 0.15) is 11.5 Å². The molecule has 1 aliphatic rings. The summed E-state index contributed by atoms with van der Waals surface area (Å²) in [6.45, 7) is 0. The van der Waals surface area contributed by atoms with E-state index < -0.39 is 5.97 Å². The molecule has 4 rings (SSSR count). The molecule has 1 N–H and O–H groups in total. The van der Waals surface area contributed by atoms with Crippen molar-refractivity contribution in [2.24, 2.45) is 0 Å². The van der Waals surface area contributed by atoms with Crippen molar-refractivity contribution in [1.29, 1.82) is 0 Å². The number of hydrogen-bond acceptors (Lipinski definition) is 4. The SMILES string of the molecule is COc1cc2c(Oc3ccc(C4CCCCC4)cc3)c(C(=O)O)sc2cc1Br. The third kappa shape index (κ3) is 3.76. The Kier molecular flexibility index (Phi) is 5.60. The van der Waals surface area contributed by atoms with Crippen molar-refractivity contribution in [2.75, 3.05) is 7.11 Å². The van der Waals surface area contributed by atoms with Crippen LogP contribution in [0, 0.1) is 0 Å². The maximum absolute atomic E-state index is 11.8. The molecule has 0 bridgehead atoms. The number of carboxylic acid groups (broad SMARTS) is 1. The lowest BCUT2D eigenvalue weighted by Gasteiger charge is -2.22. The fourth-order valence-corrected chi connectivity index (χ4v) is 5.48. The largest absolute Gasteiger partial charge is 0.496 e. The number of aromatic carboxylic acids is 1. The highest BCUT2D eigenvalue weighted by Gasteiger charge is 2.22. The van der Waals surface area contributed by atoms with Gasteiger partial charge in [-0.05, 0) is 64.5 Å². The van der Waals surface area contributed by atoms with Gasteiger partial charge in [0.15, 0.2) is 10.6 Å². The third-order valence-electron chi connectivity index (χ3n) is 5.29. The molecule has 0 aliphatic heterocycles. The van der Waals surface area contributed by atoms with E-state index in [1.165, 1.54) is 49.0 Å². The molecule has 2 aromatic carbocycles. The molecule has 1 fully saturated rings. The number of carbonyl (C=O) groups is 1. The van der Waals surface area contributed by atoms with E-state index in [-0.39, 0.29) is 4.88 Å². The van der Waals surface area contributed by atoms with Crippen molar-refractivity contribution in [3.8, 4) is 17.2 Å². The second-order valence-corrected chi connectivity index (χ2v) is 8.96. The Balaban J connectivity index is 1.68. The average molecular weight is 461 g/mol. The third-order valence-corrected chi connectivity index (χ3v) is 7.03. The standard InChI is InChI=1S/C22H21BrO4S/c1-26-18-11-16-19(12-17(18)23)28-21(22(24)25)20(16)27-15-9-7-14(8-10-15)13-5-3-2-4-6-13/h7-13H,2-6H2,1H3,(H,24,25). The second kappa shape index (κ2) is 8.13. The van der Waals surface area contributed by atoms with Gasteiger partial charge in [0.25, 0.3) is 0 Å². The van der Waals surface area contributed by atoms with Crippen molar-refractivity contribution >= 4 is 43.3 Å². The molecule has 4 nitrogen and oxygen atoms in total. The van der Waals surface area contributed by atoms with Crippen LogP contribution in [0.3, 0.4) is 0 Å². The molecule has 28 heavy (non-hydrogen) atoms. The highest BCUT2D eigenvalue weighted by Crippen LogP contribution is 2.44. The molecule has 0 unspecified atom stereocenters. The van der Waals surface area contributed by atoms with Gasteiger partial charge in [-0.25, -0.2) is 4.79 Å². The fourth-order valence-electron chi connectivity index (χ4n) is 3.84. The molecule has 146 valence electrons. The molecule has 1 aromatic heterocycles. The predicted octanol–water partition coefficient (Wildman–Crippen LogP) is 7.21. The van der Waals surface area contributed by atoms with Gasteiger partial charge < -0.3 is 14.6 Å². The summed E-state index contributed by atoms with van der Waals surface area (Å²) < 4.78 is 13.0.